The van der Waals surface area contributed by atoms with Gasteiger partial charge >= 0.3 is 5.97 Å². The smallest absolute Gasteiger partial charge is 0.344 e. The fraction of sp³-hybridized carbons (Fsp3) is 0.636. The number of halogens is 3. The Morgan fingerprint density at radius 2 is 1.60 bits per heavy atom. The number of esters is 1. The fourth-order valence-corrected chi connectivity index (χ4v) is 3.85. The van der Waals surface area contributed by atoms with E-state index in [0.29, 0.717) is 5.75 Å². The van der Waals surface area contributed by atoms with Crippen LogP contribution in [-0.2, 0) is 38.0 Å². The third kappa shape index (κ3) is 6.14. The van der Waals surface area contributed by atoms with E-state index in [9.17, 15) is 4.79 Å². The van der Waals surface area contributed by atoms with E-state index in [1.54, 1.807) is 45.0 Å². The van der Waals surface area contributed by atoms with Crippen LogP contribution in [0.4, 0.5) is 0 Å². The van der Waals surface area contributed by atoms with Crippen LogP contribution in [0.15, 0.2) is 30.3 Å². The van der Waals surface area contributed by atoms with E-state index in [1.165, 1.54) is 14.2 Å². The minimum Gasteiger partial charge on any atom is -0.482 e. The molecular weight excluding hydrogens is 529 g/mol. The molecule has 0 aromatic heterocycles. The number of carbonyl (C=O) groups is 1. The van der Waals surface area contributed by atoms with Crippen molar-refractivity contribution in [1.29, 1.82) is 5.41 Å². The Morgan fingerprint density at radius 1 is 1.03 bits per heavy atom. The van der Waals surface area contributed by atoms with Gasteiger partial charge in [-0.1, -0.05) is 53.0 Å². The number of methoxy groups -OCH3 is 2. The molecule has 1 aromatic rings. The van der Waals surface area contributed by atoms with E-state index in [4.69, 9.17) is 78.1 Å². The van der Waals surface area contributed by atoms with Crippen LogP contribution >= 0.6 is 34.8 Å². The van der Waals surface area contributed by atoms with Gasteiger partial charge in [0.15, 0.2) is 12.7 Å². The maximum atomic E-state index is 12.7. The first-order chi connectivity index (χ1) is 16.3. The number of ether oxygens (including phenoxy) is 8. The third-order valence-corrected chi connectivity index (χ3v) is 6.43. The van der Waals surface area contributed by atoms with Crippen molar-refractivity contribution in [2.45, 2.75) is 66.8 Å². The second kappa shape index (κ2) is 10.9. The highest BCUT2D eigenvalue weighted by molar-refractivity contribution is 6.76. The number of carbonyl (C=O) groups excluding carboxylic acids is 1. The Balaban J connectivity index is 1.86. The van der Waals surface area contributed by atoms with Crippen LogP contribution in [0, 0.1) is 5.41 Å². The molecule has 10 nitrogen and oxygen atoms in total. The van der Waals surface area contributed by atoms with Crippen molar-refractivity contribution in [3.8, 4) is 5.75 Å². The van der Waals surface area contributed by atoms with Gasteiger partial charge < -0.3 is 37.9 Å². The summed E-state index contributed by atoms with van der Waals surface area (Å²) in [5.41, 5.74) is 0. The lowest BCUT2D eigenvalue weighted by molar-refractivity contribution is -0.476. The summed E-state index contributed by atoms with van der Waals surface area (Å²) in [4.78, 5) is 12.7. The molecule has 0 bridgehead atoms. The van der Waals surface area contributed by atoms with Crippen LogP contribution in [0.25, 0.3) is 0 Å². The second-order valence-corrected chi connectivity index (χ2v) is 10.5. The molecule has 2 fully saturated rings. The molecule has 0 aliphatic carbocycles. The van der Waals surface area contributed by atoms with Crippen molar-refractivity contribution in [1.82, 2.24) is 0 Å². The quantitative estimate of drug-likeness (QED) is 0.233. The van der Waals surface area contributed by atoms with Crippen molar-refractivity contribution >= 4 is 46.7 Å². The van der Waals surface area contributed by atoms with Gasteiger partial charge in [-0.3, -0.25) is 5.41 Å². The van der Waals surface area contributed by atoms with Crippen molar-refractivity contribution in [3.05, 3.63) is 30.3 Å². The Hall–Kier alpha value is -1.37. The zero-order chi connectivity index (χ0) is 26.0. The first-order valence-corrected chi connectivity index (χ1v) is 11.8. The molecule has 2 aliphatic heterocycles. The highest BCUT2D eigenvalue weighted by Gasteiger charge is 2.63. The molecule has 13 heteroatoms. The molecule has 0 saturated carbocycles. The van der Waals surface area contributed by atoms with Gasteiger partial charge in [-0.15, -0.1) is 0 Å². The summed E-state index contributed by atoms with van der Waals surface area (Å²) < 4.78 is 43.9. The van der Waals surface area contributed by atoms with E-state index in [1.807, 2.05) is 6.07 Å². The van der Waals surface area contributed by atoms with E-state index in [0.717, 1.165) is 0 Å². The number of benzene rings is 1. The summed E-state index contributed by atoms with van der Waals surface area (Å²) in [5.74, 6) is -3.76. The van der Waals surface area contributed by atoms with Gasteiger partial charge in [0.05, 0.1) is 6.10 Å². The monoisotopic (exact) mass is 555 g/mol. The van der Waals surface area contributed by atoms with Gasteiger partial charge in [0.2, 0.25) is 23.8 Å². The fourth-order valence-electron chi connectivity index (χ4n) is 3.72. The van der Waals surface area contributed by atoms with Crippen LogP contribution in [0.3, 0.4) is 0 Å². The summed E-state index contributed by atoms with van der Waals surface area (Å²) in [6.07, 6.45) is -5.04. The predicted molar refractivity (Wildman–Crippen MR) is 126 cm³/mol. The lowest BCUT2D eigenvalue weighted by atomic mass is 9.94. The Morgan fingerprint density at radius 3 is 2.14 bits per heavy atom. The molecular formula is C22H28Cl3NO9. The van der Waals surface area contributed by atoms with Crippen LogP contribution in [0.5, 0.6) is 5.75 Å². The van der Waals surface area contributed by atoms with E-state index in [-0.39, 0.29) is 0 Å². The van der Waals surface area contributed by atoms with Gasteiger partial charge in [0.25, 0.3) is 3.79 Å². The van der Waals surface area contributed by atoms with Crippen LogP contribution in [0.1, 0.15) is 20.8 Å². The minimum atomic E-state index is -2.17. The number of hydrogen-bond donors (Lipinski definition) is 1. The summed E-state index contributed by atoms with van der Waals surface area (Å²) in [6, 6.07) is 8.72. The predicted octanol–water partition coefficient (Wildman–Crippen LogP) is 3.60. The molecule has 3 rings (SSSR count). The standard InChI is InChI=1S/C22H28Cl3NO9/c1-12-15-16(35-21(3,29-5)20(2,28-4)34-15)17(18(31-12)33-19(26)22(23,24)25)32-14(27)11-30-13-9-7-6-8-10-13/h6-10,12,15-18,26H,11H2,1-5H3/t12-,15-,16+,17+,18-,20-,21+/m0/s1. The van der Waals surface area contributed by atoms with E-state index < -0.39 is 64.5 Å². The summed E-state index contributed by atoms with van der Waals surface area (Å²) >= 11 is 17.3. The maximum Gasteiger partial charge on any atom is 0.344 e. The summed E-state index contributed by atoms with van der Waals surface area (Å²) in [6.45, 7) is 4.54. The van der Waals surface area contributed by atoms with Crippen molar-refractivity contribution in [2.75, 3.05) is 20.8 Å². The lowest BCUT2D eigenvalue weighted by Crippen LogP contribution is -2.73. The molecule has 35 heavy (non-hydrogen) atoms. The molecule has 7 atom stereocenters. The zero-order valence-electron chi connectivity index (χ0n) is 19.8. The number of fused-ring (bicyclic) bond motifs is 1. The number of para-hydroxylation sites is 1. The molecule has 0 spiro atoms. The Kier molecular flexibility index (Phi) is 8.81. The molecule has 196 valence electrons. The number of alkyl halides is 3. The molecule has 2 saturated heterocycles. The van der Waals surface area contributed by atoms with Gasteiger partial charge in [0, 0.05) is 14.2 Å². The molecule has 1 N–H and O–H groups in total. The Bertz CT molecular complexity index is 902. The largest absolute Gasteiger partial charge is 0.482 e. The SMILES string of the molecule is CO[C@@]1(C)O[C@@H]2[C@@H](O[C@@]1(C)OC)[C@@H](OC(=O)COc1ccccc1)[C@H](OC(=N)C(Cl)(Cl)Cl)O[C@H]2C. The van der Waals surface area contributed by atoms with Crippen molar-refractivity contribution < 1.29 is 42.7 Å². The van der Waals surface area contributed by atoms with Crippen LogP contribution in [-0.4, -0.2) is 78.8 Å². The topological polar surface area (TPSA) is 115 Å². The minimum absolute atomic E-state index is 0.416. The first kappa shape index (κ1) is 28.2. The highest BCUT2D eigenvalue weighted by atomic mass is 35.6. The highest BCUT2D eigenvalue weighted by Crippen LogP contribution is 2.44. The number of hydrogen-bond acceptors (Lipinski definition) is 10. The molecule has 0 radical (unpaired) electrons. The van der Waals surface area contributed by atoms with Gasteiger partial charge in [-0.05, 0) is 32.9 Å². The first-order valence-electron chi connectivity index (χ1n) is 10.6. The Labute approximate surface area is 218 Å². The molecule has 2 aliphatic rings. The van der Waals surface area contributed by atoms with Gasteiger partial charge in [-0.2, -0.15) is 0 Å². The normalized spacial score (nSPS) is 35.0. The third-order valence-electron chi connectivity index (χ3n) is 5.91. The lowest BCUT2D eigenvalue weighted by Gasteiger charge is -2.56. The molecule has 0 unspecified atom stereocenters. The van der Waals surface area contributed by atoms with Crippen LogP contribution < -0.4 is 4.74 Å². The van der Waals surface area contributed by atoms with E-state index >= 15 is 0 Å². The average Bonchev–Trinajstić information content (AvgIpc) is 2.81. The van der Waals surface area contributed by atoms with Crippen molar-refractivity contribution in [2.24, 2.45) is 0 Å². The van der Waals surface area contributed by atoms with Gasteiger partial charge in [0.1, 0.15) is 18.0 Å². The summed E-state index contributed by atoms with van der Waals surface area (Å²) in [7, 11) is 2.87. The van der Waals surface area contributed by atoms with Crippen molar-refractivity contribution in [3.63, 3.8) is 0 Å². The molecule has 2 heterocycles. The average molecular weight is 557 g/mol. The zero-order valence-corrected chi connectivity index (χ0v) is 22.1. The van der Waals surface area contributed by atoms with Crippen LogP contribution in [0.2, 0.25) is 0 Å². The maximum absolute atomic E-state index is 12.7. The van der Waals surface area contributed by atoms with E-state index in [2.05, 4.69) is 0 Å². The van der Waals surface area contributed by atoms with Gasteiger partial charge in [-0.25, -0.2) is 4.79 Å². The summed E-state index contributed by atoms with van der Waals surface area (Å²) in [5, 5.41) is 7.97. The number of rotatable bonds is 7. The molecule has 0 amide bonds. The number of nitrogens with one attached hydrogen (secondary N) is 1. The second-order valence-electron chi connectivity index (χ2n) is 8.18. The molecule has 1 aromatic carbocycles.